The summed E-state index contributed by atoms with van der Waals surface area (Å²) in [5, 5.41) is 0. The van der Waals surface area contributed by atoms with Crippen molar-refractivity contribution in [3.8, 4) is 22.3 Å². The van der Waals surface area contributed by atoms with E-state index >= 15 is 0 Å². The topological polar surface area (TPSA) is 122 Å². The third-order valence-electron chi connectivity index (χ3n) is 11.2. The summed E-state index contributed by atoms with van der Waals surface area (Å²) in [6, 6.07) is 23.2. The second-order valence-corrected chi connectivity index (χ2v) is 20.1. The summed E-state index contributed by atoms with van der Waals surface area (Å²) in [6.45, 7) is 29.8. The first-order chi connectivity index (χ1) is 26.9. The van der Waals surface area contributed by atoms with E-state index in [0.717, 1.165) is 33.5 Å². The van der Waals surface area contributed by atoms with Crippen LogP contribution in [0.25, 0.3) is 68.1 Å². The molecular weight excluding hydrogens is 794 g/mol. The Morgan fingerprint density at radius 1 is 0.583 bits per heavy atom. The fourth-order valence-electron chi connectivity index (χ4n) is 7.51. The van der Waals surface area contributed by atoms with Gasteiger partial charge in [-0.15, -0.1) is 16.6 Å². The fraction of sp³-hybridized carbons (Fsp3) is 0.346. The molecule has 0 saturated heterocycles. The first-order valence-electron chi connectivity index (χ1n) is 20.3. The van der Waals surface area contributed by atoms with Crippen LogP contribution < -0.4 is 15.0 Å². The van der Waals surface area contributed by atoms with E-state index in [1.165, 1.54) is 22.3 Å². The molecular formula is C52H59N4O3Zn+. The molecule has 3 N–H and O–H groups in total. The smallest absolute Gasteiger partial charge is 0.656 e. The minimum atomic E-state index is -0.151. The number of rotatable bonds is 4. The number of allylic oxidation sites excluding steroid dienone is 1. The largest absolute Gasteiger partial charge is 2.00 e. The van der Waals surface area contributed by atoms with Gasteiger partial charge in [-0.3, -0.25) is 4.79 Å². The van der Waals surface area contributed by atoms with Crippen LogP contribution in [0, 0.1) is 0 Å². The number of hydrogen-bond acceptors (Lipinski definition) is 3. The summed E-state index contributed by atoms with van der Waals surface area (Å²) in [6.07, 6.45) is 5.87. The maximum absolute atomic E-state index is 13.4. The van der Waals surface area contributed by atoms with E-state index in [2.05, 4.69) is 119 Å². The predicted octanol–water partition coefficient (Wildman–Crippen LogP) is 11.5. The summed E-state index contributed by atoms with van der Waals surface area (Å²) in [7, 11) is 0. The second-order valence-electron chi connectivity index (χ2n) is 20.1. The second kappa shape index (κ2) is 16.1. The average Bonchev–Trinajstić information content (AvgIpc) is 3.92. The number of aromatic nitrogens is 4. The molecule has 5 heterocycles. The van der Waals surface area contributed by atoms with E-state index in [1.54, 1.807) is 13.8 Å². The first kappa shape index (κ1) is 46.0. The van der Waals surface area contributed by atoms with Gasteiger partial charge in [-0.1, -0.05) is 131 Å². The molecule has 8 heteroatoms. The number of nitrogens with zero attached hydrogens (tertiary/aromatic N) is 4. The van der Waals surface area contributed by atoms with Gasteiger partial charge in [0.25, 0.3) is 0 Å². The normalized spacial score (nSPS) is 13.1. The molecule has 0 spiro atoms. The van der Waals surface area contributed by atoms with Crippen LogP contribution in [-0.4, -0.2) is 16.6 Å². The average molecular weight is 853 g/mol. The Hall–Kier alpha value is -5.04. The molecule has 7 rings (SSSR count). The molecule has 7 nitrogen and oxygen atoms in total. The van der Waals surface area contributed by atoms with Crippen LogP contribution in [0.15, 0.2) is 66.7 Å². The number of benzene rings is 2. The van der Waals surface area contributed by atoms with E-state index in [0.29, 0.717) is 44.8 Å². The molecule has 0 atom stereocenters. The molecule has 0 fully saturated rings. The third-order valence-corrected chi connectivity index (χ3v) is 11.2. The maximum atomic E-state index is 13.4. The molecule has 0 amide bonds. The number of hydrogen-bond donors (Lipinski definition) is 0. The van der Waals surface area contributed by atoms with Crippen LogP contribution in [0.5, 0.6) is 0 Å². The number of Topliss-reactive ketones (excluding diaryl/α,β-unsaturated/α-hetero) is 2. The van der Waals surface area contributed by atoms with E-state index < -0.39 is 0 Å². The van der Waals surface area contributed by atoms with Crippen LogP contribution in [-0.2, 0) is 51.4 Å². The van der Waals surface area contributed by atoms with Crippen molar-refractivity contribution < 1.29 is 34.5 Å². The summed E-state index contributed by atoms with van der Waals surface area (Å²) < 4.78 is 0. The quantitative estimate of drug-likeness (QED) is 0.0753. The molecule has 0 saturated carbocycles. The number of carbonyl (C=O) groups excluding carboxylic acids is 2. The molecule has 2 aliphatic heterocycles. The molecule has 8 bridgehead atoms. The van der Waals surface area contributed by atoms with Gasteiger partial charge >= 0.3 is 19.5 Å². The van der Waals surface area contributed by atoms with Gasteiger partial charge < -0.3 is 20.4 Å². The van der Waals surface area contributed by atoms with E-state index in [4.69, 9.17) is 19.9 Å². The molecule has 2 aliphatic rings. The molecule has 3 aromatic heterocycles. The molecule has 5 aromatic rings. The molecule has 0 aliphatic carbocycles. The van der Waals surface area contributed by atoms with Gasteiger partial charge in [0.05, 0.1) is 11.4 Å². The monoisotopic (exact) mass is 851 g/mol. The zero-order valence-corrected chi connectivity index (χ0v) is 40.9. The van der Waals surface area contributed by atoms with Crippen molar-refractivity contribution in [3.63, 3.8) is 0 Å². The van der Waals surface area contributed by atoms with Gasteiger partial charge in [-0.25, -0.2) is 9.78 Å². The van der Waals surface area contributed by atoms with E-state index in [-0.39, 0.29) is 58.2 Å². The van der Waals surface area contributed by atoms with Crippen molar-refractivity contribution in [3.05, 3.63) is 117 Å². The number of fused-ring (bicyclic) bond motifs is 8. The van der Waals surface area contributed by atoms with E-state index in [9.17, 15) is 9.59 Å². The van der Waals surface area contributed by atoms with Crippen molar-refractivity contribution in [2.45, 2.75) is 119 Å². The van der Waals surface area contributed by atoms with Gasteiger partial charge in [0, 0.05) is 18.6 Å². The Kier molecular flexibility index (Phi) is 12.4. The zero-order valence-electron chi connectivity index (χ0n) is 38.0. The van der Waals surface area contributed by atoms with Crippen molar-refractivity contribution in [2.75, 3.05) is 0 Å². The first-order valence-corrected chi connectivity index (χ1v) is 20.3. The van der Waals surface area contributed by atoms with Gasteiger partial charge in [0.2, 0.25) is 5.78 Å². The summed E-state index contributed by atoms with van der Waals surface area (Å²) in [5.41, 5.74) is 14.1. The minimum absolute atomic E-state index is 0. The SMILES string of the molecule is CC(=O)C1=Cc2[n-][c+]1cc1ccc([n-]1)c(-c1cc(C(C)(C)C)cc(C(C)(C)C)c1)c1nc(cc3[n-]c(cc3C(C)=O)c2-c2cc(C(C)(C)C)cc(C(C)(C)C)c2)C=C1.[OH3+].[Zn+2]. The van der Waals surface area contributed by atoms with Gasteiger partial charge in [-0.2, -0.15) is 0 Å². The summed E-state index contributed by atoms with van der Waals surface area (Å²) >= 11 is 0. The standard InChI is InChI=1S/C52H57N4O2.H2O.Zn/c1-29(57)39-27-45-48(32-21-35(51(9,10)11)24-36(22-32)52(12,13)14)46-28-40(30(2)58)44(56-46)26-38-16-18-42(54-38)47(41-17-15-37(53-41)25-43(39)55-45)31-19-33(49(3,4)5)23-34(20-31)50(6,7)8;;/h15-28H,1-14H3,(H-2,53,54,55,56,57,58);1H2;/q-1;;+2. The number of ketones is 2. The summed E-state index contributed by atoms with van der Waals surface area (Å²) in [4.78, 5) is 47.6. The molecule has 60 heavy (non-hydrogen) atoms. The van der Waals surface area contributed by atoms with Crippen molar-refractivity contribution >= 4 is 57.4 Å². The van der Waals surface area contributed by atoms with E-state index in [1.807, 2.05) is 48.6 Å². The number of carbonyl (C=O) groups is 2. The third kappa shape index (κ3) is 9.16. The predicted molar refractivity (Wildman–Crippen MR) is 247 cm³/mol. The molecule has 306 valence electrons. The Morgan fingerprint density at radius 3 is 1.58 bits per heavy atom. The van der Waals surface area contributed by atoms with Crippen LogP contribution in [0.1, 0.15) is 152 Å². The maximum Gasteiger partial charge on any atom is 2.00 e. The summed E-state index contributed by atoms with van der Waals surface area (Å²) in [5.74, 6) is -0.202. The van der Waals surface area contributed by atoms with Gasteiger partial charge in [0.1, 0.15) is 5.57 Å². The Balaban J connectivity index is 0.00000341. The van der Waals surface area contributed by atoms with Gasteiger partial charge in [-0.05, 0) is 121 Å². The van der Waals surface area contributed by atoms with Gasteiger partial charge in [0.15, 0.2) is 5.78 Å². The van der Waals surface area contributed by atoms with Crippen molar-refractivity contribution in [1.82, 2.24) is 19.9 Å². The molecule has 0 radical (unpaired) electrons. The van der Waals surface area contributed by atoms with Crippen molar-refractivity contribution in [1.29, 1.82) is 0 Å². The fourth-order valence-corrected chi connectivity index (χ4v) is 7.51. The molecule has 2 aromatic carbocycles. The van der Waals surface area contributed by atoms with Crippen LogP contribution in [0.4, 0.5) is 0 Å². The van der Waals surface area contributed by atoms with Crippen LogP contribution in [0.2, 0.25) is 0 Å². The zero-order chi connectivity index (χ0) is 42.3. The Bertz CT molecular complexity index is 2700. The van der Waals surface area contributed by atoms with Crippen molar-refractivity contribution in [2.24, 2.45) is 0 Å². The van der Waals surface area contributed by atoms with Crippen LogP contribution in [0.3, 0.4) is 0 Å². The minimum Gasteiger partial charge on any atom is -0.656 e. The Labute approximate surface area is 368 Å². The Morgan fingerprint density at radius 2 is 1.10 bits per heavy atom. The molecule has 0 unspecified atom stereocenters. The van der Waals surface area contributed by atoms with Crippen LogP contribution >= 0.6 is 0 Å².